The number of carbonyl (C=O) groups excluding carboxylic acids is 2. The number of rotatable bonds is 8. The molecule has 1 rings (SSSR count). The van der Waals surface area contributed by atoms with E-state index in [0.29, 0.717) is 23.0 Å². The number of benzene rings is 1. The average Bonchev–Trinajstić information content (AvgIpc) is 2.57. The number of amides is 1. The van der Waals surface area contributed by atoms with E-state index in [2.05, 4.69) is 5.32 Å². The van der Waals surface area contributed by atoms with Crippen molar-refractivity contribution in [3.05, 3.63) is 29.8 Å². The average molecular weight is 335 g/mol. The molecule has 1 atom stereocenters. The molecule has 6 heteroatoms. The number of ether oxygens (including phenoxy) is 3. The number of hydrogen-bond donors (Lipinski definition) is 1. The van der Waals surface area contributed by atoms with Crippen molar-refractivity contribution < 1.29 is 23.8 Å². The van der Waals surface area contributed by atoms with Gasteiger partial charge in [-0.25, -0.2) is 4.79 Å². The summed E-state index contributed by atoms with van der Waals surface area (Å²) < 4.78 is 15.3. The van der Waals surface area contributed by atoms with Gasteiger partial charge in [-0.1, -0.05) is 13.8 Å². The Morgan fingerprint density at radius 2 is 1.88 bits per heavy atom. The Balaban J connectivity index is 2.56. The summed E-state index contributed by atoms with van der Waals surface area (Å²) in [6.45, 7) is 5.60. The number of carbonyl (C=O) groups is 2. The zero-order chi connectivity index (χ0) is 18.1. The lowest BCUT2D eigenvalue weighted by Crippen LogP contribution is -2.38. The van der Waals surface area contributed by atoms with E-state index < -0.39 is 5.97 Å². The molecule has 0 bridgehead atoms. The van der Waals surface area contributed by atoms with Gasteiger partial charge < -0.3 is 19.5 Å². The van der Waals surface area contributed by atoms with Crippen LogP contribution < -0.4 is 14.8 Å². The summed E-state index contributed by atoms with van der Waals surface area (Å²) in [7, 11) is 3.09. The number of nitrogens with one attached hydrogen (secondary N) is 1. The van der Waals surface area contributed by atoms with Crippen molar-refractivity contribution in [2.45, 2.75) is 26.8 Å². The first kappa shape index (κ1) is 19.5. The van der Waals surface area contributed by atoms with E-state index in [1.54, 1.807) is 31.4 Å². The molecule has 1 aromatic rings. The Bertz CT molecular complexity index is 595. The largest absolute Gasteiger partial charge is 0.497 e. The molecular formula is C18H25NO5. The fourth-order valence-electron chi connectivity index (χ4n) is 1.76. The van der Waals surface area contributed by atoms with E-state index in [-0.39, 0.29) is 18.6 Å². The van der Waals surface area contributed by atoms with Crippen LogP contribution in [0.25, 0.3) is 6.08 Å². The Hall–Kier alpha value is -2.50. The van der Waals surface area contributed by atoms with Gasteiger partial charge in [-0.05, 0) is 31.1 Å². The quantitative estimate of drug-likeness (QED) is 0.583. The van der Waals surface area contributed by atoms with Crippen LogP contribution in [0.2, 0.25) is 0 Å². The van der Waals surface area contributed by atoms with E-state index in [0.717, 1.165) is 0 Å². The third kappa shape index (κ3) is 6.32. The number of esters is 1. The van der Waals surface area contributed by atoms with Crippen LogP contribution in [0.1, 0.15) is 26.3 Å². The first-order valence-corrected chi connectivity index (χ1v) is 7.73. The Kier molecular flexibility index (Phi) is 7.82. The maximum atomic E-state index is 11.7. The van der Waals surface area contributed by atoms with Crippen LogP contribution >= 0.6 is 0 Å². The van der Waals surface area contributed by atoms with Crippen LogP contribution in [0.4, 0.5) is 0 Å². The lowest BCUT2D eigenvalue weighted by molar-refractivity contribution is -0.144. The zero-order valence-electron chi connectivity index (χ0n) is 14.8. The van der Waals surface area contributed by atoms with Crippen LogP contribution in [0.15, 0.2) is 24.3 Å². The molecule has 0 fully saturated rings. The van der Waals surface area contributed by atoms with E-state index >= 15 is 0 Å². The van der Waals surface area contributed by atoms with Crippen LogP contribution in [0, 0.1) is 5.92 Å². The van der Waals surface area contributed by atoms with Gasteiger partial charge in [-0.3, -0.25) is 4.79 Å². The number of methoxy groups -OCH3 is 2. The highest BCUT2D eigenvalue weighted by molar-refractivity contribution is 5.89. The van der Waals surface area contributed by atoms with Crippen molar-refractivity contribution in [1.29, 1.82) is 0 Å². The van der Waals surface area contributed by atoms with Gasteiger partial charge in [-0.15, -0.1) is 0 Å². The van der Waals surface area contributed by atoms with Gasteiger partial charge in [0, 0.05) is 23.7 Å². The van der Waals surface area contributed by atoms with Crippen LogP contribution in [0.3, 0.4) is 0 Å². The lowest BCUT2D eigenvalue weighted by atomic mass is 10.1. The molecule has 0 aliphatic rings. The molecule has 0 saturated heterocycles. The van der Waals surface area contributed by atoms with Crippen molar-refractivity contribution in [1.82, 2.24) is 5.32 Å². The second-order valence-corrected chi connectivity index (χ2v) is 5.65. The van der Waals surface area contributed by atoms with Gasteiger partial charge in [0.2, 0.25) is 0 Å². The van der Waals surface area contributed by atoms with Gasteiger partial charge in [-0.2, -0.15) is 0 Å². The Morgan fingerprint density at radius 1 is 1.17 bits per heavy atom. The molecule has 1 aromatic carbocycles. The lowest BCUT2D eigenvalue weighted by Gasteiger charge is -2.17. The maximum Gasteiger partial charge on any atom is 0.331 e. The maximum absolute atomic E-state index is 11.7. The second kappa shape index (κ2) is 9.60. The smallest absolute Gasteiger partial charge is 0.331 e. The molecule has 0 unspecified atom stereocenters. The monoisotopic (exact) mass is 335 g/mol. The van der Waals surface area contributed by atoms with E-state index in [9.17, 15) is 9.59 Å². The van der Waals surface area contributed by atoms with Crippen molar-refractivity contribution in [3.63, 3.8) is 0 Å². The highest BCUT2D eigenvalue weighted by Gasteiger charge is 2.12. The summed E-state index contributed by atoms with van der Waals surface area (Å²) in [5, 5.41) is 2.77. The topological polar surface area (TPSA) is 73.9 Å². The van der Waals surface area contributed by atoms with Gasteiger partial charge in [0.25, 0.3) is 5.91 Å². The molecule has 0 heterocycles. The van der Waals surface area contributed by atoms with E-state index in [4.69, 9.17) is 14.2 Å². The summed E-state index contributed by atoms with van der Waals surface area (Å²) in [6.07, 6.45) is 2.82. The molecule has 1 N–H and O–H groups in total. The van der Waals surface area contributed by atoms with Gasteiger partial charge in [0.1, 0.15) is 11.5 Å². The molecule has 0 saturated carbocycles. The molecule has 24 heavy (non-hydrogen) atoms. The van der Waals surface area contributed by atoms with Gasteiger partial charge in [0.15, 0.2) is 6.61 Å². The molecule has 0 aromatic heterocycles. The van der Waals surface area contributed by atoms with Crippen LogP contribution in [-0.2, 0) is 14.3 Å². The van der Waals surface area contributed by atoms with Crippen LogP contribution in [-0.4, -0.2) is 38.7 Å². The molecule has 1 amide bonds. The Labute approximate surface area is 142 Å². The first-order chi connectivity index (χ1) is 11.4. The van der Waals surface area contributed by atoms with Gasteiger partial charge >= 0.3 is 5.97 Å². The standard InChI is InChI=1S/C18H25NO5/c1-12(2)13(3)19-17(20)11-24-18(21)9-7-14-6-8-15(22-4)10-16(14)23-5/h6-10,12-13H,11H2,1-5H3,(H,19,20)/b9-7+/t13-/m0/s1. The third-order valence-electron chi connectivity index (χ3n) is 3.57. The predicted molar refractivity (Wildman–Crippen MR) is 92.0 cm³/mol. The minimum absolute atomic E-state index is 0.0234. The molecule has 0 aliphatic carbocycles. The van der Waals surface area contributed by atoms with Crippen molar-refractivity contribution in [3.8, 4) is 11.5 Å². The van der Waals surface area contributed by atoms with E-state index in [1.807, 2.05) is 20.8 Å². The summed E-state index contributed by atoms with van der Waals surface area (Å²) in [6, 6.07) is 5.26. The van der Waals surface area contributed by atoms with Gasteiger partial charge in [0.05, 0.1) is 14.2 Å². The van der Waals surface area contributed by atoms with Crippen molar-refractivity contribution >= 4 is 18.0 Å². The fraction of sp³-hybridized carbons (Fsp3) is 0.444. The second-order valence-electron chi connectivity index (χ2n) is 5.65. The van der Waals surface area contributed by atoms with Crippen molar-refractivity contribution in [2.24, 2.45) is 5.92 Å². The highest BCUT2D eigenvalue weighted by atomic mass is 16.5. The van der Waals surface area contributed by atoms with Crippen LogP contribution in [0.5, 0.6) is 11.5 Å². The summed E-state index contributed by atoms with van der Waals surface area (Å²) in [4.78, 5) is 23.4. The predicted octanol–water partition coefficient (Wildman–Crippen LogP) is 2.42. The normalized spacial score (nSPS) is 12.1. The SMILES string of the molecule is COc1ccc(/C=C/C(=O)OCC(=O)N[C@@H](C)C(C)C)c(OC)c1. The van der Waals surface area contributed by atoms with Crippen molar-refractivity contribution in [2.75, 3.05) is 20.8 Å². The molecule has 0 aliphatic heterocycles. The molecule has 132 valence electrons. The molecular weight excluding hydrogens is 310 g/mol. The number of hydrogen-bond acceptors (Lipinski definition) is 5. The highest BCUT2D eigenvalue weighted by Crippen LogP contribution is 2.25. The third-order valence-corrected chi connectivity index (χ3v) is 3.57. The first-order valence-electron chi connectivity index (χ1n) is 7.73. The fourth-order valence-corrected chi connectivity index (χ4v) is 1.76. The van der Waals surface area contributed by atoms with E-state index in [1.165, 1.54) is 13.2 Å². The molecule has 6 nitrogen and oxygen atoms in total. The molecule has 0 radical (unpaired) electrons. The summed E-state index contributed by atoms with van der Waals surface area (Å²) in [5.74, 6) is 0.622. The molecule has 0 spiro atoms. The Morgan fingerprint density at radius 3 is 2.46 bits per heavy atom. The zero-order valence-corrected chi connectivity index (χ0v) is 14.8. The summed E-state index contributed by atoms with van der Waals surface area (Å²) >= 11 is 0. The minimum atomic E-state index is -0.597. The summed E-state index contributed by atoms with van der Waals surface area (Å²) in [5.41, 5.74) is 0.702. The minimum Gasteiger partial charge on any atom is -0.497 e.